The maximum Gasteiger partial charge on any atom is 0.271 e. The van der Waals surface area contributed by atoms with Crippen LogP contribution in [-0.4, -0.2) is 19.8 Å². The van der Waals surface area contributed by atoms with Gasteiger partial charge in [0.15, 0.2) is 0 Å². The van der Waals surface area contributed by atoms with Crippen LogP contribution in [0.2, 0.25) is 0 Å². The summed E-state index contributed by atoms with van der Waals surface area (Å²) in [7, 11) is 0. The van der Waals surface area contributed by atoms with Crippen molar-refractivity contribution < 1.29 is 9.85 Å². The molecule has 0 aliphatic heterocycles. The fraction of sp³-hybridized carbons (Fsp3) is 0. The van der Waals surface area contributed by atoms with Crippen LogP contribution in [0, 0.1) is 20.2 Å². The van der Waals surface area contributed by atoms with E-state index >= 15 is 0 Å². The second-order valence-corrected chi connectivity index (χ2v) is 6.02. The fourth-order valence-corrected chi connectivity index (χ4v) is 2.93. The van der Waals surface area contributed by atoms with E-state index in [4.69, 9.17) is 0 Å². The minimum absolute atomic E-state index is 0.0352. The van der Waals surface area contributed by atoms with Gasteiger partial charge in [0.25, 0.3) is 11.4 Å². The summed E-state index contributed by atoms with van der Waals surface area (Å²) in [6.07, 6.45) is 3.06. The van der Waals surface area contributed by atoms with E-state index in [9.17, 15) is 20.2 Å². The van der Waals surface area contributed by atoms with Crippen molar-refractivity contribution in [3.05, 3.63) is 93.3 Å². The highest BCUT2D eigenvalue weighted by Crippen LogP contribution is 2.50. The van der Waals surface area contributed by atoms with E-state index in [0.717, 1.165) is 5.56 Å². The third kappa shape index (κ3) is 3.26. The van der Waals surface area contributed by atoms with Crippen molar-refractivity contribution in [2.45, 2.75) is 0 Å². The first-order valence-corrected chi connectivity index (χ1v) is 8.28. The molecule has 0 saturated carbocycles. The van der Waals surface area contributed by atoms with Crippen LogP contribution in [-0.2, 0) is 0 Å². The molecule has 136 valence electrons. The topological polar surface area (TPSA) is 112 Å². The monoisotopic (exact) mass is 372 g/mol. The lowest BCUT2D eigenvalue weighted by Crippen LogP contribution is -1.89. The molecule has 3 aromatic rings. The maximum atomic E-state index is 10.5. The molecule has 0 spiro atoms. The Morgan fingerprint density at radius 2 is 1.25 bits per heavy atom. The van der Waals surface area contributed by atoms with Crippen LogP contribution in [0.4, 0.5) is 11.4 Å². The van der Waals surface area contributed by atoms with Gasteiger partial charge >= 0.3 is 0 Å². The molecule has 2 aliphatic carbocycles. The standard InChI is InChI=1S/C12H7NO2.C8H5N3O2/c14-13(15)9-6-4-8(5-7-9)12-10-2-1-3-11(10)12;12-11(13)6-1-2-7-8(5-6)10-4-3-9-7/h1-7H;1-5H. The lowest BCUT2D eigenvalue weighted by atomic mass is 10.1. The lowest BCUT2D eigenvalue weighted by molar-refractivity contribution is -0.385. The first kappa shape index (κ1) is 17.2. The van der Waals surface area contributed by atoms with Gasteiger partial charge in [0.05, 0.1) is 20.9 Å². The summed E-state index contributed by atoms with van der Waals surface area (Å²) < 4.78 is 0. The molecule has 0 saturated heterocycles. The summed E-state index contributed by atoms with van der Waals surface area (Å²) in [5.74, 6) is 0. The molecule has 1 heterocycles. The van der Waals surface area contributed by atoms with Gasteiger partial charge in [0, 0.05) is 36.7 Å². The molecule has 0 radical (unpaired) electrons. The zero-order valence-corrected chi connectivity index (χ0v) is 14.4. The highest BCUT2D eigenvalue weighted by atomic mass is 16.6. The van der Waals surface area contributed by atoms with E-state index < -0.39 is 4.92 Å². The molecule has 2 aliphatic rings. The number of aromatic nitrogens is 2. The average molecular weight is 372 g/mol. The summed E-state index contributed by atoms with van der Waals surface area (Å²) in [6, 6.07) is 17.2. The number of nitro benzene ring substituents is 2. The molecule has 0 unspecified atom stereocenters. The lowest BCUT2D eigenvalue weighted by Gasteiger charge is -1.94. The second kappa shape index (κ2) is 6.84. The number of nitrogens with zero attached hydrogens (tertiary/aromatic N) is 4. The minimum Gasteiger partial charge on any atom is -0.258 e. The van der Waals surface area contributed by atoms with Gasteiger partial charge in [-0.3, -0.25) is 30.2 Å². The van der Waals surface area contributed by atoms with Gasteiger partial charge in [-0.05, 0) is 40.5 Å². The molecule has 28 heavy (non-hydrogen) atoms. The molecule has 8 heteroatoms. The van der Waals surface area contributed by atoms with E-state index in [0.29, 0.717) is 11.0 Å². The van der Waals surface area contributed by atoms with E-state index in [-0.39, 0.29) is 16.3 Å². The number of hydrogen-bond acceptors (Lipinski definition) is 6. The average Bonchev–Trinajstić information content (AvgIpc) is 3.19. The van der Waals surface area contributed by atoms with E-state index in [2.05, 4.69) is 22.1 Å². The van der Waals surface area contributed by atoms with Gasteiger partial charge < -0.3 is 0 Å². The predicted molar refractivity (Wildman–Crippen MR) is 104 cm³/mol. The Hall–Kier alpha value is -4.20. The van der Waals surface area contributed by atoms with Crippen LogP contribution in [0.15, 0.2) is 73.1 Å². The highest BCUT2D eigenvalue weighted by molar-refractivity contribution is 6.07. The van der Waals surface area contributed by atoms with Crippen LogP contribution >= 0.6 is 0 Å². The Morgan fingerprint density at radius 1 is 0.679 bits per heavy atom. The van der Waals surface area contributed by atoms with Crippen molar-refractivity contribution in [3.8, 4) is 22.3 Å². The molecular weight excluding hydrogens is 360 g/mol. The van der Waals surface area contributed by atoms with Crippen molar-refractivity contribution >= 4 is 22.4 Å². The molecule has 5 rings (SSSR count). The van der Waals surface area contributed by atoms with Gasteiger partial charge in [0.2, 0.25) is 0 Å². The van der Waals surface area contributed by atoms with Crippen molar-refractivity contribution in [2.24, 2.45) is 0 Å². The van der Waals surface area contributed by atoms with Crippen LogP contribution in [0.5, 0.6) is 0 Å². The van der Waals surface area contributed by atoms with Crippen molar-refractivity contribution in [2.75, 3.05) is 0 Å². The number of fused-ring (bicyclic) bond motifs is 2. The van der Waals surface area contributed by atoms with Crippen molar-refractivity contribution in [1.29, 1.82) is 0 Å². The summed E-state index contributed by atoms with van der Waals surface area (Å²) >= 11 is 0. The van der Waals surface area contributed by atoms with E-state index in [1.165, 1.54) is 35.0 Å². The van der Waals surface area contributed by atoms with Gasteiger partial charge in [0.1, 0.15) is 0 Å². The largest absolute Gasteiger partial charge is 0.271 e. The quantitative estimate of drug-likeness (QED) is 0.333. The van der Waals surface area contributed by atoms with Crippen LogP contribution in [0.1, 0.15) is 0 Å². The Balaban J connectivity index is 0.000000139. The minimum atomic E-state index is -0.450. The number of rotatable bonds is 3. The Bertz CT molecular complexity index is 1200. The highest BCUT2D eigenvalue weighted by Gasteiger charge is 2.24. The number of hydrogen-bond donors (Lipinski definition) is 0. The Labute approximate surface area is 158 Å². The zero-order chi connectivity index (χ0) is 19.7. The molecule has 2 aromatic carbocycles. The molecule has 8 nitrogen and oxygen atoms in total. The fourth-order valence-electron chi connectivity index (χ4n) is 2.93. The summed E-state index contributed by atoms with van der Waals surface area (Å²) in [4.78, 5) is 28.0. The number of non-ortho nitro benzene ring substituents is 2. The van der Waals surface area contributed by atoms with Gasteiger partial charge in [-0.25, -0.2) is 0 Å². The zero-order valence-electron chi connectivity index (χ0n) is 14.4. The molecule has 0 atom stereocenters. The molecule has 0 bridgehead atoms. The number of benzene rings is 3. The van der Waals surface area contributed by atoms with E-state index in [1.54, 1.807) is 36.5 Å². The third-order valence-corrected chi connectivity index (χ3v) is 4.32. The first-order valence-electron chi connectivity index (χ1n) is 8.28. The van der Waals surface area contributed by atoms with Gasteiger partial charge in [-0.2, -0.15) is 0 Å². The molecule has 0 amide bonds. The van der Waals surface area contributed by atoms with Gasteiger partial charge in [-0.15, -0.1) is 0 Å². The van der Waals surface area contributed by atoms with Crippen molar-refractivity contribution in [3.63, 3.8) is 0 Å². The Kier molecular flexibility index (Phi) is 4.21. The third-order valence-electron chi connectivity index (χ3n) is 4.32. The smallest absolute Gasteiger partial charge is 0.258 e. The SMILES string of the molecule is O=[N+]([O-])c1ccc(-c2c3cccc2-3)cc1.O=[N+]([O-])c1ccc2nccnc2c1. The van der Waals surface area contributed by atoms with Gasteiger partial charge in [-0.1, -0.05) is 18.2 Å². The maximum absolute atomic E-state index is 10.5. The predicted octanol–water partition coefficient (Wildman–Crippen LogP) is 4.78. The molecule has 0 fully saturated rings. The van der Waals surface area contributed by atoms with Crippen molar-refractivity contribution in [1.82, 2.24) is 9.97 Å². The summed E-state index contributed by atoms with van der Waals surface area (Å²) in [6.45, 7) is 0. The number of nitro groups is 2. The van der Waals surface area contributed by atoms with Crippen LogP contribution in [0.3, 0.4) is 0 Å². The molecule has 1 aromatic heterocycles. The van der Waals surface area contributed by atoms with Crippen LogP contribution in [0.25, 0.3) is 33.3 Å². The first-order chi connectivity index (χ1) is 13.5. The normalized spacial score (nSPS) is 10.7. The molecular formula is C20H12N4O4. The second-order valence-electron chi connectivity index (χ2n) is 6.02. The molecule has 0 N–H and O–H groups in total. The summed E-state index contributed by atoms with van der Waals surface area (Å²) in [5, 5.41) is 20.9. The van der Waals surface area contributed by atoms with E-state index in [1.807, 2.05) is 6.07 Å². The Morgan fingerprint density at radius 3 is 1.86 bits per heavy atom. The van der Waals surface area contributed by atoms with Crippen LogP contribution < -0.4 is 0 Å². The summed E-state index contributed by atoms with van der Waals surface area (Å²) in [5.41, 5.74) is 6.20.